The van der Waals surface area contributed by atoms with Gasteiger partial charge in [-0.3, -0.25) is 14.8 Å². The molecule has 3 heterocycles. The largest absolute Gasteiger partial charge is 0.573 e. The average Bonchev–Trinajstić information content (AvgIpc) is 3.29. The molecular weight excluding hydrogens is 631 g/mol. The van der Waals surface area contributed by atoms with E-state index in [1.165, 1.54) is 35.2 Å². The van der Waals surface area contributed by atoms with E-state index in [-0.39, 0.29) is 18.7 Å². The van der Waals surface area contributed by atoms with Crippen molar-refractivity contribution < 1.29 is 49.0 Å². The zero-order valence-corrected chi connectivity index (χ0v) is 23.9. The molecule has 0 aliphatic carbocycles. The quantitative estimate of drug-likeness (QED) is 0.275. The number of hydrogen-bond donors (Lipinski definition) is 1. The number of urea groups is 1. The number of likely N-dealkylation sites (tertiary alicyclic amines) is 1. The van der Waals surface area contributed by atoms with Crippen LogP contribution in [0.4, 0.5) is 50.0 Å². The third kappa shape index (κ3) is 7.74. The number of fused-ring (bicyclic) bond motifs is 2. The lowest BCUT2D eigenvalue weighted by Crippen LogP contribution is -2.47. The maximum atomic E-state index is 13.3. The van der Waals surface area contributed by atoms with E-state index in [1.54, 1.807) is 6.08 Å². The number of piperidine rings is 1. The third-order valence-electron chi connectivity index (χ3n) is 8.05. The number of hydrogen-bond acceptors (Lipinski definition) is 4. The highest BCUT2D eigenvalue weighted by molar-refractivity contribution is 5.95. The number of alkyl halides is 9. The Morgan fingerprint density at radius 2 is 1.61 bits per heavy atom. The van der Waals surface area contributed by atoms with Crippen LogP contribution in [0.3, 0.4) is 0 Å². The number of pyridine rings is 1. The number of carbonyl (C=O) groups is 1. The number of benzene rings is 2. The van der Waals surface area contributed by atoms with E-state index in [0.29, 0.717) is 49.3 Å². The van der Waals surface area contributed by atoms with Gasteiger partial charge in [-0.2, -0.15) is 26.3 Å². The molecule has 2 aromatic carbocycles. The minimum Gasteiger partial charge on any atom is -0.406 e. The van der Waals surface area contributed by atoms with Crippen LogP contribution in [0.25, 0.3) is 6.08 Å². The van der Waals surface area contributed by atoms with Crippen LogP contribution in [0.15, 0.2) is 66.9 Å². The molecule has 1 saturated heterocycles. The summed E-state index contributed by atoms with van der Waals surface area (Å²) in [6.45, 7) is 1.37. The Morgan fingerprint density at radius 1 is 0.913 bits per heavy atom. The molecule has 0 unspecified atom stereocenters. The van der Waals surface area contributed by atoms with E-state index < -0.39 is 47.2 Å². The molecule has 0 radical (unpaired) electrons. The first-order chi connectivity index (χ1) is 21.5. The predicted octanol–water partition coefficient (Wildman–Crippen LogP) is 7.79. The number of nitrogens with zero attached hydrogens (tertiary/aromatic N) is 3. The fourth-order valence-corrected chi connectivity index (χ4v) is 5.75. The van der Waals surface area contributed by atoms with Crippen LogP contribution in [-0.2, 0) is 24.3 Å². The predicted molar refractivity (Wildman–Crippen MR) is 150 cm³/mol. The molecule has 0 atom stereocenters. The van der Waals surface area contributed by atoms with Crippen LogP contribution in [0.1, 0.15) is 40.8 Å². The van der Waals surface area contributed by atoms with E-state index in [4.69, 9.17) is 0 Å². The molecule has 1 fully saturated rings. The molecule has 1 N–H and O–H groups in total. The molecule has 1 aromatic heterocycles. The molecule has 3 aromatic rings. The summed E-state index contributed by atoms with van der Waals surface area (Å²) < 4.78 is 121. The van der Waals surface area contributed by atoms with Gasteiger partial charge in [-0.1, -0.05) is 24.3 Å². The summed E-state index contributed by atoms with van der Waals surface area (Å²) in [5.74, 6) is -0.439. The summed E-state index contributed by atoms with van der Waals surface area (Å²) in [6.07, 6.45) is -8.60. The van der Waals surface area contributed by atoms with E-state index >= 15 is 0 Å². The van der Waals surface area contributed by atoms with Crippen LogP contribution in [0, 0.1) is 0 Å². The Kier molecular flexibility index (Phi) is 8.99. The monoisotopic (exact) mass is 658 g/mol. The number of halogens is 9. The first-order valence-corrected chi connectivity index (χ1v) is 14.1. The molecule has 6 nitrogen and oxygen atoms in total. The van der Waals surface area contributed by atoms with Crippen molar-refractivity contribution in [3.05, 3.63) is 94.8 Å². The van der Waals surface area contributed by atoms with Gasteiger partial charge in [0.2, 0.25) is 0 Å². The standard InChI is InChI=1S/C31H27F9N4O2/c32-29(33,34)22-5-3-20(4-6-22)2-1-13-43-14-10-28(11-15-43)19-44(25-8-7-23(17-24(25)28)46-31(38,39)40)27(45)42-18-21-9-12-41-26(16-21)30(35,36)37/h1-9,12,16-17H,10-11,13-15,18-19H2,(H,42,45)/b2-1+. The maximum Gasteiger partial charge on any atom is 0.573 e. The van der Waals surface area contributed by atoms with Gasteiger partial charge in [-0.05, 0) is 85.1 Å². The van der Waals surface area contributed by atoms with Crippen molar-refractivity contribution in [2.75, 3.05) is 31.1 Å². The summed E-state index contributed by atoms with van der Waals surface area (Å²) in [5.41, 5.74) is -0.959. The average molecular weight is 659 g/mol. The van der Waals surface area contributed by atoms with Gasteiger partial charge in [0.1, 0.15) is 11.4 Å². The number of anilines is 1. The van der Waals surface area contributed by atoms with Gasteiger partial charge in [0, 0.05) is 36.9 Å². The summed E-state index contributed by atoms with van der Waals surface area (Å²) in [4.78, 5) is 20.1. The Hall–Kier alpha value is -4.27. The molecule has 15 heteroatoms. The van der Waals surface area contributed by atoms with Crippen LogP contribution in [0.2, 0.25) is 0 Å². The molecule has 0 bridgehead atoms. The Balaban J connectivity index is 1.28. The Bertz CT molecular complexity index is 1580. The van der Waals surface area contributed by atoms with Crippen molar-refractivity contribution in [2.45, 2.75) is 43.5 Å². The highest BCUT2D eigenvalue weighted by Gasteiger charge is 2.47. The number of rotatable bonds is 6. The van der Waals surface area contributed by atoms with Crippen LogP contribution < -0.4 is 15.0 Å². The van der Waals surface area contributed by atoms with Crippen LogP contribution in [-0.4, -0.2) is 48.5 Å². The third-order valence-corrected chi connectivity index (χ3v) is 8.05. The Morgan fingerprint density at radius 3 is 2.24 bits per heavy atom. The lowest BCUT2D eigenvalue weighted by Gasteiger charge is -2.39. The number of amides is 2. The van der Waals surface area contributed by atoms with Gasteiger partial charge in [-0.15, -0.1) is 13.2 Å². The summed E-state index contributed by atoms with van der Waals surface area (Å²) in [7, 11) is 0. The molecule has 5 rings (SSSR count). The van der Waals surface area contributed by atoms with Crippen molar-refractivity contribution in [1.82, 2.24) is 15.2 Å². The molecule has 1 spiro atoms. The van der Waals surface area contributed by atoms with Crippen molar-refractivity contribution >= 4 is 17.8 Å². The van der Waals surface area contributed by atoms with Gasteiger partial charge < -0.3 is 10.1 Å². The van der Waals surface area contributed by atoms with Crippen molar-refractivity contribution in [2.24, 2.45) is 0 Å². The van der Waals surface area contributed by atoms with E-state index in [2.05, 4.69) is 19.9 Å². The number of carbonyl (C=O) groups excluding carboxylic acids is 1. The van der Waals surface area contributed by atoms with Gasteiger partial charge in [-0.25, -0.2) is 4.79 Å². The molecule has 246 valence electrons. The zero-order valence-electron chi connectivity index (χ0n) is 23.9. The van der Waals surface area contributed by atoms with E-state index in [1.807, 2.05) is 6.08 Å². The van der Waals surface area contributed by atoms with Crippen molar-refractivity contribution in [3.8, 4) is 5.75 Å². The maximum absolute atomic E-state index is 13.3. The first-order valence-electron chi connectivity index (χ1n) is 14.1. The molecular formula is C31H27F9N4O2. The van der Waals surface area contributed by atoms with Gasteiger partial charge in [0.05, 0.1) is 5.56 Å². The van der Waals surface area contributed by atoms with E-state index in [9.17, 15) is 44.3 Å². The SMILES string of the molecule is O=C(NCc1ccnc(C(F)(F)F)c1)N1CC2(CCN(C/C=C/c3ccc(C(F)(F)F)cc3)CC2)c2cc(OC(F)(F)F)ccc21. The van der Waals surface area contributed by atoms with Crippen LogP contribution >= 0.6 is 0 Å². The molecule has 2 aliphatic rings. The summed E-state index contributed by atoms with van der Waals surface area (Å²) >= 11 is 0. The minimum atomic E-state index is -4.93. The van der Waals surface area contributed by atoms with Gasteiger partial charge in [0.25, 0.3) is 0 Å². The highest BCUT2D eigenvalue weighted by atomic mass is 19.4. The van der Waals surface area contributed by atoms with Gasteiger partial charge >= 0.3 is 24.7 Å². The normalized spacial score (nSPS) is 17.0. The zero-order chi connectivity index (χ0) is 33.3. The fraction of sp³-hybridized carbons (Fsp3) is 0.355. The summed E-state index contributed by atoms with van der Waals surface area (Å²) in [6, 6.07) is 9.98. The van der Waals surface area contributed by atoms with Crippen molar-refractivity contribution in [1.29, 1.82) is 0 Å². The minimum absolute atomic E-state index is 0.128. The topological polar surface area (TPSA) is 57.7 Å². The van der Waals surface area contributed by atoms with Crippen molar-refractivity contribution in [3.63, 3.8) is 0 Å². The second-order valence-electron chi connectivity index (χ2n) is 11.1. The molecule has 2 amide bonds. The van der Waals surface area contributed by atoms with E-state index in [0.717, 1.165) is 30.5 Å². The first kappa shape index (κ1) is 33.1. The number of nitrogens with one attached hydrogen (secondary N) is 1. The smallest absolute Gasteiger partial charge is 0.406 e. The number of ether oxygens (including phenoxy) is 1. The summed E-state index contributed by atoms with van der Waals surface area (Å²) in [5, 5.41) is 2.60. The second kappa shape index (κ2) is 12.5. The molecule has 2 aliphatic heterocycles. The lowest BCUT2D eigenvalue weighted by molar-refractivity contribution is -0.274. The fourth-order valence-electron chi connectivity index (χ4n) is 5.75. The van der Waals surface area contributed by atoms with Crippen LogP contribution in [0.5, 0.6) is 5.75 Å². The second-order valence-corrected chi connectivity index (χ2v) is 11.1. The van der Waals surface area contributed by atoms with Gasteiger partial charge in [0.15, 0.2) is 0 Å². The molecule has 46 heavy (non-hydrogen) atoms. The Labute approximate surface area is 257 Å². The number of aromatic nitrogens is 1. The highest BCUT2D eigenvalue weighted by Crippen LogP contribution is 2.48. The molecule has 0 saturated carbocycles. The lowest BCUT2D eigenvalue weighted by atomic mass is 9.74.